The molecule has 0 N–H and O–H groups in total. The van der Waals surface area contributed by atoms with Crippen molar-refractivity contribution in [3.63, 3.8) is 0 Å². The van der Waals surface area contributed by atoms with Crippen molar-refractivity contribution in [3.05, 3.63) is 11.1 Å². The number of allylic oxidation sites excluding steroid dienone is 2. The average molecular weight is 138 g/mol. The first kappa shape index (κ1) is 7.52. The lowest BCUT2D eigenvalue weighted by Crippen LogP contribution is -2.14. The van der Waals surface area contributed by atoms with Crippen LogP contribution >= 0.6 is 0 Å². The number of hydrogen-bond donors (Lipinski definition) is 0. The Kier molecular flexibility index (Phi) is 1.93. The second kappa shape index (κ2) is 2.57. The largest absolute Gasteiger partial charge is 0.295 e. The molecule has 1 rings (SSSR count). The number of Topliss-reactive ketones (excluding diaryl/α,β-unsaturated/α-hetero) is 1. The van der Waals surface area contributed by atoms with Crippen molar-refractivity contribution in [1.82, 2.24) is 0 Å². The zero-order valence-electron chi connectivity index (χ0n) is 6.90. The molecule has 0 bridgehead atoms. The molecule has 0 spiro atoms. The quantitative estimate of drug-likeness (QED) is 0.502. The van der Waals surface area contributed by atoms with Gasteiger partial charge in [0.2, 0.25) is 0 Å². The van der Waals surface area contributed by atoms with Crippen LogP contribution in [0.5, 0.6) is 0 Å². The molecular formula is C9H14O. The van der Waals surface area contributed by atoms with Gasteiger partial charge in [-0.1, -0.05) is 12.5 Å². The van der Waals surface area contributed by atoms with E-state index in [1.165, 1.54) is 5.57 Å². The first-order valence-electron chi connectivity index (χ1n) is 3.83. The molecule has 0 fully saturated rings. The molecule has 0 aliphatic heterocycles. The SMILES string of the molecule is CC1=C(C)C(C)CCC1=O. The molecular weight excluding hydrogens is 124 g/mol. The van der Waals surface area contributed by atoms with E-state index < -0.39 is 0 Å². The third-order valence-electron chi connectivity index (χ3n) is 2.55. The Morgan fingerprint density at radius 1 is 1.40 bits per heavy atom. The van der Waals surface area contributed by atoms with Gasteiger partial charge in [0.05, 0.1) is 0 Å². The van der Waals surface area contributed by atoms with Crippen LogP contribution in [0.2, 0.25) is 0 Å². The second-order valence-corrected chi connectivity index (χ2v) is 3.17. The van der Waals surface area contributed by atoms with Gasteiger partial charge in [0.25, 0.3) is 0 Å². The first-order chi connectivity index (χ1) is 4.63. The minimum absolute atomic E-state index is 0.343. The minimum Gasteiger partial charge on any atom is -0.295 e. The summed E-state index contributed by atoms with van der Waals surface area (Å²) in [6.45, 7) is 6.19. The van der Waals surface area contributed by atoms with Crippen LogP contribution in [0.25, 0.3) is 0 Å². The van der Waals surface area contributed by atoms with Gasteiger partial charge in [-0.2, -0.15) is 0 Å². The first-order valence-corrected chi connectivity index (χ1v) is 3.83. The van der Waals surface area contributed by atoms with Crippen LogP contribution < -0.4 is 0 Å². The Morgan fingerprint density at radius 2 is 2.00 bits per heavy atom. The third-order valence-corrected chi connectivity index (χ3v) is 2.55. The molecule has 0 aromatic rings. The van der Waals surface area contributed by atoms with E-state index in [9.17, 15) is 4.79 Å². The predicted octanol–water partition coefficient (Wildman–Crippen LogP) is 2.32. The summed E-state index contributed by atoms with van der Waals surface area (Å²) >= 11 is 0. The number of rotatable bonds is 0. The average Bonchev–Trinajstić information content (AvgIpc) is 1.93. The lowest BCUT2D eigenvalue weighted by atomic mass is 9.85. The highest BCUT2D eigenvalue weighted by molar-refractivity contribution is 5.96. The molecule has 0 heterocycles. The maximum atomic E-state index is 11.1. The van der Waals surface area contributed by atoms with Crippen molar-refractivity contribution in [2.24, 2.45) is 5.92 Å². The smallest absolute Gasteiger partial charge is 0.158 e. The van der Waals surface area contributed by atoms with Gasteiger partial charge in [0, 0.05) is 6.42 Å². The summed E-state index contributed by atoms with van der Waals surface area (Å²) < 4.78 is 0. The Morgan fingerprint density at radius 3 is 2.50 bits per heavy atom. The highest BCUT2D eigenvalue weighted by Crippen LogP contribution is 2.26. The number of carbonyl (C=O) groups is 1. The van der Waals surface area contributed by atoms with Crippen molar-refractivity contribution in [2.45, 2.75) is 33.6 Å². The summed E-state index contributed by atoms with van der Waals surface area (Å²) in [6, 6.07) is 0. The van der Waals surface area contributed by atoms with Gasteiger partial charge < -0.3 is 0 Å². The van der Waals surface area contributed by atoms with E-state index in [2.05, 4.69) is 13.8 Å². The maximum Gasteiger partial charge on any atom is 0.158 e. The normalized spacial score (nSPS) is 27.5. The fraction of sp³-hybridized carbons (Fsp3) is 0.667. The molecule has 1 atom stereocenters. The lowest BCUT2D eigenvalue weighted by Gasteiger charge is -2.19. The number of hydrogen-bond acceptors (Lipinski definition) is 1. The van der Waals surface area contributed by atoms with E-state index in [-0.39, 0.29) is 0 Å². The molecule has 0 aromatic carbocycles. The zero-order chi connectivity index (χ0) is 7.72. The molecule has 1 nitrogen and oxygen atoms in total. The number of carbonyl (C=O) groups excluding carboxylic acids is 1. The van der Waals surface area contributed by atoms with Crippen LogP contribution in [-0.4, -0.2) is 5.78 Å². The van der Waals surface area contributed by atoms with Gasteiger partial charge in [-0.25, -0.2) is 0 Å². The molecule has 0 radical (unpaired) electrons. The summed E-state index contributed by atoms with van der Waals surface area (Å²) in [4.78, 5) is 11.1. The van der Waals surface area contributed by atoms with E-state index in [1.807, 2.05) is 6.92 Å². The Balaban J connectivity index is 2.92. The fourth-order valence-corrected chi connectivity index (χ4v) is 1.34. The van der Waals surface area contributed by atoms with Gasteiger partial charge in [0.15, 0.2) is 5.78 Å². The van der Waals surface area contributed by atoms with Gasteiger partial charge >= 0.3 is 0 Å². The summed E-state index contributed by atoms with van der Waals surface area (Å²) in [6.07, 6.45) is 1.80. The third kappa shape index (κ3) is 1.13. The van der Waals surface area contributed by atoms with E-state index in [0.717, 1.165) is 18.4 Å². The molecule has 1 heteroatoms. The van der Waals surface area contributed by atoms with Crippen LogP contribution in [0.3, 0.4) is 0 Å². The van der Waals surface area contributed by atoms with E-state index in [1.54, 1.807) is 0 Å². The maximum absolute atomic E-state index is 11.1. The van der Waals surface area contributed by atoms with E-state index in [0.29, 0.717) is 11.7 Å². The molecule has 56 valence electrons. The molecule has 0 saturated carbocycles. The Bertz CT molecular complexity index is 189. The Hall–Kier alpha value is -0.590. The van der Waals surface area contributed by atoms with E-state index in [4.69, 9.17) is 0 Å². The fourth-order valence-electron chi connectivity index (χ4n) is 1.34. The van der Waals surface area contributed by atoms with Crippen molar-refractivity contribution < 1.29 is 4.79 Å². The van der Waals surface area contributed by atoms with Crippen molar-refractivity contribution >= 4 is 5.78 Å². The van der Waals surface area contributed by atoms with Gasteiger partial charge in [-0.15, -0.1) is 0 Å². The molecule has 0 saturated heterocycles. The Labute approximate surface area is 62.1 Å². The molecule has 10 heavy (non-hydrogen) atoms. The van der Waals surface area contributed by atoms with Crippen LogP contribution in [0.4, 0.5) is 0 Å². The standard InChI is InChI=1S/C9H14O/c1-6-4-5-9(10)8(3)7(6)2/h6H,4-5H2,1-3H3. The highest BCUT2D eigenvalue weighted by atomic mass is 16.1. The topological polar surface area (TPSA) is 17.1 Å². The lowest BCUT2D eigenvalue weighted by molar-refractivity contribution is -0.116. The number of ketones is 1. The summed E-state index contributed by atoms with van der Waals surface area (Å²) in [5.74, 6) is 0.966. The van der Waals surface area contributed by atoms with Gasteiger partial charge in [-0.05, 0) is 31.8 Å². The highest BCUT2D eigenvalue weighted by Gasteiger charge is 2.18. The summed E-state index contributed by atoms with van der Waals surface area (Å²) in [5.41, 5.74) is 2.29. The van der Waals surface area contributed by atoms with Crippen molar-refractivity contribution in [2.75, 3.05) is 0 Å². The van der Waals surface area contributed by atoms with Crippen LogP contribution in [-0.2, 0) is 4.79 Å². The van der Waals surface area contributed by atoms with Crippen LogP contribution in [0.15, 0.2) is 11.1 Å². The van der Waals surface area contributed by atoms with Crippen molar-refractivity contribution in [3.8, 4) is 0 Å². The van der Waals surface area contributed by atoms with Crippen LogP contribution in [0, 0.1) is 5.92 Å². The van der Waals surface area contributed by atoms with Crippen LogP contribution in [0.1, 0.15) is 33.6 Å². The monoisotopic (exact) mass is 138 g/mol. The summed E-state index contributed by atoms with van der Waals surface area (Å²) in [5, 5.41) is 0. The molecule has 1 aliphatic rings. The second-order valence-electron chi connectivity index (χ2n) is 3.17. The molecule has 1 aliphatic carbocycles. The minimum atomic E-state index is 0.343. The predicted molar refractivity (Wildman–Crippen MR) is 41.8 cm³/mol. The molecule has 1 unspecified atom stereocenters. The van der Waals surface area contributed by atoms with Gasteiger partial charge in [0.1, 0.15) is 0 Å². The van der Waals surface area contributed by atoms with E-state index >= 15 is 0 Å². The van der Waals surface area contributed by atoms with Gasteiger partial charge in [-0.3, -0.25) is 4.79 Å². The summed E-state index contributed by atoms with van der Waals surface area (Å²) in [7, 11) is 0. The zero-order valence-corrected chi connectivity index (χ0v) is 6.90. The molecule has 0 aromatic heterocycles. The molecule has 0 amide bonds. The van der Waals surface area contributed by atoms with Crippen molar-refractivity contribution in [1.29, 1.82) is 0 Å².